The second-order valence-corrected chi connectivity index (χ2v) is 8.53. The molecule has 0 aliphatic heterocycles. The SMILES string of the molecule is COc1ccc(NC(=O)c2cc(-c3cccs3)nc3c(C)cc(Br)cc23)c(OC)c1. The van der Waals surface area contributed by atoms with Crippen molar-refractivity contribution in [3.63, 3.8) is 0 Å². The molecule has 0 aliphatic carbocycles. The molecule has 2 aromatic carbocycles. The van der Waals surface area contributed by atoms with E-state index in [4.69, 9.17) is 14.5 Å². The van der Waals surface area contributed by atoms with E-state index in [1.54, 1.807) is 43.8 Å². The lowest BCUT2D eigenvalue weighted by Gasteiger charge is -2.14. The number of carbonyl (C=O) groups excluding carboxylic acids is 1. The molecule has 4 rings (SSSR count). The minimum atomic E-state index is -0.235. The molecule has 0 radical (unpaired) electrons. The van der Waals surface area contributed by atoms with Gasteiger partial charge in [-0.25, -0.2) is 4.98 Å². The Morgan fingerprint density at radius 1 is 1.10 bits per heavy atom. The van der Waals surface area contributed by atoms with Gasteiger partial charge in [0.25, 0.3) is 5.91 Å². The van der Waals surface area contributed by atoms with E-state index >= 15 is 0 Å². The molecule has 5 nitrogen and oxygen atoms in total. The van der Waals surface area contributed by atoms with E-state index in [1.165, 1.54) is 0 Å². The fourth-order valence-electron chi connectivity index (χ4n) is 3.29. The number of nitrogens with one attached hydrogen (secondary N) is 1. The molecule has 7 heteroatoms. The topological polar surface area (TPSA) is 60.5 Å². The zero-order valence-electron chi connectivity index (χ0n) is 16.7. The van der Waals surface area contributed by atoms with Crippen LogP contribution in [0.3, 0.4) is 0 Å². The first-order valence-electron chi connectivity index (χ1n) is 9.18. The van der Waals surface area contributed by atoms with Gasteiger partial charge in [-0.3, -0.25) is 4.79 Å². The van der Waals surface area contributed by atoms with E-state index < -0.39 is 0 Å². The molecule has 152 valence electrons. The second kappa shape index (κ2) is 8.45. The minimum Gasteiger partial charge on any atom is -0.497 e. The van der Waals surface area contributed by atoms with Crippen LogP contribution in [0.4, 0.5) is 5.69 Å². The van der Waals surface area contributed by atoms with Crippen molar-refractivity contribution in [3.05, 3.63) is 69.5 Å². The molecular weight excluding hydrogens is 464 g/mol. The number of hydrogen-bond donors (Lipinski definition) is 1. The number of thiophene rings is 1. The summed E-state index contributed by atoms with van der Waals surface area (Å²) in [5.41, 5.74) is 3.68. The zero-order chi connectivity index (χ0) is 21.3. The molecule has 30 heavy (non-hydrogen) atoms. The summed E-state index contributed by atoms with van der Waals surface area (Å²) in [6, 6.07) is 15.0. The highest BCUT2D eigenvalue weighted by molar-refractivity contribution is 9.10. The summed E-state index contributed by atoms with van der Waals surface area (Å²) in [5.74, 6) is 0.942. The van der Waals surface area contributed by atoms with Gasteiger partial charge in [0.1, 0.15) is 11.5 Å². The van der Waals surface area contributed by atoms with E-state index in [0.717, 1.165) is 31.5 Å². The number of amides is 1. The highest BCUT2D eigenvalue weighted by Gasteiger charge is 2.18. The van der Waals surface area contributed by atoms with Crippen LogP contribution >= 0.6 is 27.3 Å². The summed E-state index contributed by atoms with van der Waals surface area (Å²) >= 11 is 5.13. The number of benzene rings is 2. The van der Waals surface area contributed by atoms with Crippen molar-refractivity contribution in [2.24, 2.45) is 0 Å². The van der Waals surface area contributed by atoms with Crippen molar-refractivity contribution in [1.29, 1.82) is 0 Å². The third-order valence-electron chi connectivity index (χ3n) is 4.74. The Morgan fingerprint density at radius 2 is 1.93 bits per heavy atom. The average Bonchev–Trinajstić information content (AvgIpc) is 3.28. The van der Waals surface area contributed by atoms with Gasteiger partial charge in [-0.05, 0) is 54.3 Å². The van der Waals surface area contributed by atoms with Gasteiger partial charge in [-0.1, -0.05) is 22.0 Å². The van der Waals surface area contributed by atoms with Gasteiger partial charge in [0.2, 0.25) is 0 Å². The Labute approximate surface area is 186 Å². The lowest BCUT2D eigenvalue weighted by atomic mass is 10.0. The number of nitrogens with zero attached hydrogens (tertiary/aromatic N) is 1. The minimum absolute atomic E-state index is 0.235. The first kappa shape index (κ1) is 20.4. The molecule has 0 fully saturated rings. The van der Waals surface area contributed by atoms with E-state index in [9.17, 15) is 4.79 Å². The van der Waals surface area contributed by atoms with Crippen molar-refractivity contribution in [2.75, 3.05) is 19.5 Å². The molecular formula is C23H19BrN2O3S. The van der Waals surface area contributed by atoms with Crippen LogP contribution in [-0.2, 0) is 0 Å². The fraction of sp³-hybridized carbons (Fsp3) is 0.130. The number of aromatic nitrogens is 1. The highest BCUT2D eigenvalue weighted by Crippen LogP contribution is 2.33. The number of halogens is 1. The average molecular weight is 483 g/mol. The summed E-state index contributed by atoms with van der Waals surface area (Å²) in [4.78, 5) is 19.2. The summed E-state index contributed by atoms with van der Waals surface area (Å²) in [6.45, 7) is 1.99. The van der Waals surface area contributed by atoms with Crippen LogP contribution in [0.1, 0.15) is 15.9 Å². The number of ether oxygens (including phenoxy) is 2. The van der Waals surface area contributed by atoms with Gasteiger partial charge in [0.05, 0.1) is 41.6 Å². The maximum absolute atomic E-state index is 13.4. The molecule has 4 aromatic rings. The first-order valence-corrected chi connectivity index (χ1v) is 10.9. The highest BCUT2D eigenvalue weighted by atomic mass is 79.9. The van der Waals surface area contributed by atoms with Crippen molar-refractivity contribution < 1.29 is 14.3 Å². The van der Waals surface area contributed by atoms with Crippen molar-refractivity contribution >= 4 is 49.8 Å². The maximum Gasteiger partial charge on any atom is 0.256 e. The summed E-state index contributed by atoms with van der Waals surface area (Å²) in [5, 5.41) is 5.76. The van der Waals surface area contributed by atoms with Crippen LogP contribution in [0.15, 0.2) is 58.4 Å². The summed E-state index contributed by atoms with van der Waals surface area (Å²) in [6.07, 6.45) is 0. The number of carbonyl (C=O) groups is 1. The predicted molar refractivity (Wildman–Crippen MR) is 125 cm³/mol. The number of aryl methyl sites for hydroxylation is 1. The van der Waals surface area contributed by atoms with E-state index in [-0.39, 0.29) is 5.91 Å². The predicted octanol–water partition coefficient (Wildman–Crippen LogP) is 6.30. The largest absolute Gasteiger partial charge is 0.497 e. The van der Waals surface area contributed by atoms with Gasteiger partial charge in [0, 0.05) is 15.9 Å². The number of pyridine rings is 1. The van der Waals surface area contributed by atoms with Crippen molar-refractivity contribution in [1.82, 2.24) is 4.98 Å². The Hall–Kier alpha value is -2.90. The second-order valence-electron chi connectivity index (χ2n) is 6.67. The summed E-state index contributed by atoms with van der Waals surface area (Å²) in [7, 11) is 3.14. The Morgan fingerprint density at radius 3 is 2.63 bits per heavy atom. The third kappa shape index (κ3) is 3.91. The van der Waals surface area contributed by atoms with Gasteiger partial charge < -0.3 is 14.8 Å². The molecule has 2 heterocycles. The molecule has 2 aromatic heterocycles. The monoisotopic (exact) mass is 482 g/mol. The Bertz CT molecular complexity index is 1240. The molecule has 0 spiro atoms. The van der Waals surface area contributed by atoms with Crippen LogP contribution in [-0.4, -0.2) is 25.1 Å². The summed E-state index contributed by atoms with van der Waals surface area (Å²) < 4.78 is 11.6. The standard InChI is InChI=1S/C23H19BrN2O3S/c1-13-9-14(24)10-16-17(12-19(25-22(13)16)21-5-4-8-30-21)23(27)26-18-7-6-15(28-2)11-20(18)29-3/h4-12H,1-3H3,(H,26,27). The van der Waals surface area contributed by atoms with Crippen LogP contribution < -0.4 is 14.8 Å². The number of fused-ring (bicyclic) bond motifs is 1. The van der Waals surface area contributed by atoms with Gasteiger partial charge >= 0.3 is 0 Å². The van der Waals surface area contributed by atoms with E-state index in [0.29, 0.717) is 22.7 Å². The molecule has 0 atom stereocenters. The van der Waals surface area contributed by atoms with Crippen LogP contribution in [0, 0.1) is 6.92 Å². The Balaban J connectivity index is 1.84. The van der Waals surface area contributed by atoms with E-state index in [2.05, 4.69) is 21.2 Å². The van der Waals surface area contributed by atoms with Gasteiger partial charge in [-0.2, -0.15) is 0 Å². The van der Waals surface area contributed by atoms with Crippen LogP contribution in [0.5, 0.6) is 11.5 Å². The number of methoxy groups -OCH3 is 2. The molecule has 0 aliphatic rings. The number of anilines is 1. The molecule has 0 saturated heterocycles. The fourth-order valence-corrected chi connectivity index (χ4v) is 4.54. The molecule has 1 N–H and O–H groups in total. The van der Waals surface area contributed by atoms with Crippen LogP contribution in [0.25, 0.3) is 21.5 Å². The third-order valence-corrected chi connectivity index (χ3v) is 6.09. The van der Waals surface area contributed by atoms with Gasteiger partial charge in [0.15, 0.2) is 0 Å². The lowest BCUT2D eigenvalue weighted by Crippen LogP contribution is -2.14. The van der Waals surface area contributed by atoms with Crippen molar-refractivity contribution in [2.45, 2.75) is 6.92 Å². The maximum atomic E-state index is 13.4. The molecule has 0 saturated carbocycles. The molecule has 0 unspecified atom stereocenters. The zero-order valence-corrected chi connectivity index (χ0v) is 19.1. The van der Waals surface area contributed by atoms with E-state index in [1.807, 2.05) is 42.6 Å². The van der Waals surface area contributed by atoms with Crippen LogP contribution in [0.2, 0.25) is 0 Å². The molecule has 1 amide bonds. The van der Waals surface area contributed by atoms with Crippen molar-refractivity contribution in [3.8, 4) is 22.1 Å². The van der Waals surface area contributed by atoms with Gasteiger partial charge in [-0.15, -0.1) is 11.3 Å². The first-order chi connectivity index (χ1) is 14.5. The lowest BCUT2D eigenvalue weighted by molar-refractivity contribution is 0.102. The number of hydrogen-bond acceptors (Lipinski definition) is 5. The Kier molecular flexibility index (Phi) is 5.74. The smallest absolute Gasteiger partial charge is 0.256 e. The normalized spacial score (nSPS) is 10.8. The molecule has 0 bridgehead atoms. The quantitative estimate of drug-likeness (QED) is 0.362. The number of rotatable bonds is 5.